The third kappa shape index (κ3) is 5.90. The second-order valence-corrected chi connectivity index (χ2v) is 6.99. The third-order valence-electron chi connectivity index (χ3n) is 4.97. The van der Waals surface area contributed by atoms with Gasteiger partial charge in [-0.05, 0) is 46.2 Å². The maximum atomic E-state index is 8.99. The summed E-state index contributed by atoms with van der Waals surface area (Å²) in [6, 6.07) is 36.9. The molecule has 0 saturated carbocycles. The van der Waals surface area contributed by atoms with Crippen LogP contribution in [0.4, 0.5) is 0 Å². The van der Waals surface area contributed by atoms with Crippen molar-refractivity contribution in [3.05, 3.63) is 120 Å². The van der Waals surface area contributed by atoms with Crippen LogP contribution in [0.15, 0.2) is 109 Å². The van der Waals surface area contributed by atoms with Crippen molar-refractivity contribution in [1.82, 2.24) is 0 Å². The summed E-state index contributed by atoms with van der Waals surface area (Å²) in [5, 5.41) is 18.0. The van der Waals surface area contributed by atoms with E-state index in [0.717, 1.165) is 0 Å². The molecule has 0 saturated heterocycles. The van der Waals surface area contributed by atoms with E-state index in [0.29, 0.717) is 12.8 Å². The fourth-order valence-electron chi connectivity index (χ4n) is 3.52. The van der Waals surface area contributed by atoms with Crippen LogP contribution in [-0.2, 0) is 12.8 Å². The summed E-state index contributed by atoms with van der Waals surface area (Å²) in [6.07, 6.45) is 1.43. The molecule has 152 valence electrons. The number of aliphatic hydroxyl groups is 2. The Labute approximate surface area is 179 Å². The smallest absolute Gasteiger partial charge is 0.0471 e. The highest BCUT2D eigenvalue weighted by Crippen LogP contribution is 2.24. The minimum Gasteiger partial charge on any atom is -0.396 e. The molecule has 0 aliphatic carbocycles. The van der Waals surface area contributed by atoms with Gasteiger partial charge in [-0.1, -0.05) is 109 Å². The first-order chi connectivity index (χ1) is 14.8. The monoisotopic (exact) mass is 396 g/mol. The first-order valence-corrected chi connectivity index (χ1v) is 10.3. The van der Waals surface area contributed by atoms with Crippen LogP contribution in [0.2, 0.25) is 0 Å². The predicted octanol–water partition coefficient (Wildman–Crippen LogP) is 5.78. The van der Waals surface area contributed by atoms with Crippen LogP contribution in [0.3, 0.4) is 0 Å². The average Bonchev–Trinajstić information content (AvgIpc) is 2.82. The molecule has 4 aromatic carbocycles. The maximum Gasteiger partial charge on any atom is 0.0471 e. The number of benzene rings is 4. The van der Waals surface area contributed by atoms with Crippen molar-refractivity contribution in [2.24, 2.45) is 0 Å². The minimum absolute atomic E-state index is 0.198. The lowest BCUT2D eigenvalue weighted by Gasteiger charge is -2.07. The quantitative estimate of drug-likeness (QED) is 0.434. The molecular weight excluding hydrogens is 368 g/mol. The van der Waals surface area contributed by atoms with Crippen LogP contribution in [0.25, 0.3) is 22.3 Å². The highest BCUT2D eigenvalue weighted by atomic mass is 16.3. The van der Waals surface area contributed by atoms with Crippen molar-refractivity contribution in [2.75, 3.05) is 13.2 Å². The number of rotatable bonds is 6. The molecule has 4 rings (SSSR count). The Balaban J connectivity index is 0.000000171. The van der Waals surface area contributed by atoms with Crippen molar-refractivity contribution >= 4 is 0 Å². The summed E-state index contributed by atoms with van der Waals surface area (Å²) < 4.78 is 0. The minimum atomic E-state index is 0.198. The molecule has 0 radical (unpaired) electrons. The fourth-order valence-corrected chi connectivity index (χ4v) is 3.52. The van der Waals surface area contributed by atoms with Crippen LogP contribution < -0.4 is 0 Å². The van der Waals surface area contributed by atoms with Gasteiger partial charge in [0, 0.05) is 13.2 Å². The van der Waals surface area contributed by atoms with E-state index in [1.165, 1.54) is 33.4 Å². The molecule has 2 N–H and O–H groups in total. The van der Waals surface area contributed by atoms with Crippen LogP contribution >= 0.6 is 0 Å². The molecule has 0 unspecified atom stereocenters. The van der Waals surface area contributed by atoms with Crippen LogP contribution in [0.5, 0.6) is 0 Å². The van der Waals surface area contributed by atoms with Crippen molar-refractivity contribution in [1.29, 1.82) is 0 Å². The number of aliphatic hydroxyl groups excluding tert-OH is 2. The van der Waals surface area contributed by atoms with E-state index in [1.54, 1.807) is 0 Å². The second kappa shape index (κ2) is 11.7. The van der Waals surface area contributed by atoms with Gasteiger partial charge in [-0.25, -0.2) is 0 Å². The topological polar surface area (TPSA) is 40.5 Å². The van der Waals surface area contributed by atoms with Gasteiger partial charge in [-0.3, -0.25) is 0 Å². The van der Waals surface area contributed by atoms with E-state index in [-0.39, 0.29) is 13.2 Å². The molecule has 0 aliphatic rings. The number of hydrogen-bond donors (Lipinski definition) is 2. The third-order valence-corrected chi connectivity index (χ3v) is 4.97. The van der Waals surface area contributed by atoms with E-state index in [9.17, 15) is 0 Å². The van der Waals surface area contributed by atoms with E-state index < -0.39 is 0 Å². The molecular formula is C28H28O2. The van der Waals surface area contributed by atoms with E-state index in [2.05, 4.69) is 48.5 Å². The summed E-state index contributed by atoms with van der Waals surface area (Å²) >= 11 is 0. The lowest BCUT2D eigenvalue weighted by atomic mass is 9.98. The van der Waals surface area contributed by atoms with Crippen LogP contribution in [-0.4, -0.2) is 23.4 Å². The Morgan fingerprint density at radius 2 is 0.733 bits per heavy atom. The van der Waals surface area contributed by atoms with Gasteiger partial charge in [0.25, 0.3) is 0 Å². The van der Waals surface area contributed by atoms with Gasteiger partial charge >= 0.3 is 0 Å². The fraction of sp³-hybridized carbons (Fsp3) is 0.143. The summed E-state index contributed by atoms with van der Waals surface area (Å²) in [5.74, 6) is 0. The summed E-state index contributed by atoms with van der Waals surface area (Å²) in [4.78, 5) is 0. The van der Waals surface area contributed by atoms with E-state index in [4.69, 9.17) is 10.2 Å². The molecule has 0 spiro atoms. The predicted molar refractivity (Wildman–Crippen MR) is 125 cm³/mol. The lowest BCUT2D eigenvalue weighted by molar-refractivity contribution is 0.299. The summed E-state index contributed by atoms with van der Waals surface area (Å²) in [5.41, 5.74) is 7.25. The van der Waals surface area contributed by atoms with Gasteiger partial charge in [0.1, 0.15) is 0 Å². The highest BCUT2D eigenvalue weighted by Gasteiger charge is 2.03. The Morgan fingerprint density at radius 1 is 0.400 bits per heavy atom. The van der Waals surface area contributed by atoms with Gasteiger partial charge in [0.05, 0.1) is 0 Å². The lowest BCUT2D eigenvalue weighted by Crippen LogP contribution is -1.93. The SMILES string of the molecule is OCCc1ccccc1-c1ccccc1.OCCc1ccccc1-c1ccccc1. The molecule has 0 heterocycles. The molecule has 4 aromatic rings. The van der Waals surface area contributed by atoms with Crippen molar-refractivity contribution in [2.45, 2.75) is 12.8 Å². The molecule has 0 aliphatic heterocycles. The first kappa shape index (κ1) is 21.5. The Bertz CT molecular complexity index is 926. The molecule has 0 bridgehead atoms. The normalized spacial score (nSPS) is 10.2. The number of hydrogen-bond acceptors (Lipinski definition) is 2. The van der Waals surface area contributed by atoms with Crippen LogP contribution in [0.1, 0.15) is 11.1 Å². The zero-order chi connectivity index (χ0) is 21.0. The Kier molecular flexibility index (Phi) is 8.40. The van der Waals surface area contributed by atoms with E-state index in [1.807, 2.05) is 60.7 Å². The molecule has 2 nitrogen and oxygen atoms in total. The van der Waals surface area contributed by atoms with E-state index >= 15 is 0 Å². The van der Waals surface area contributed by atoms with Gasteiger partial charge in [0.15, 0.2) is 0 Å². The Morgan fingerprint density at radius 3 is 1.10 bits per heavy atom. The van der Waals surface area contributed by atoms with Crippen molar-refractivity contribution in [3.8, 4) is 22.3 Å². The zero-order valence-corrected chi connectivity index (χ0v) is 17.1. The zero-order valence-electron chi connectivity index (χ0n) is 17.1. The molecule has 30 heavy (non-hydrogen) atoms. The highest BCUT2D eigenvalue weighted by molar-refractivity contribution is 5.68. The van der Waals surface area contributed by atoms with Crippen molar-refractivity contribution < 1.29 is 10.2 Å². The van der Waals surface area contributed by atoms with Gasteiger partial charge in [-0.15, -0.1) is 0 Å². The molecule has 0 aromatic heterocycles. The standard InChI is InChI=1S/2C14H14O/c2*15-11-10-13-8-4-5-9-14(13)12-6-2-1-3-7-12/h2*1-9,15H,10-11H2. The average molecular weight is 397 g/mol. The first-order valence-electron chi connectivity index (χ1n) is 10.3. The largest absolute Gasteiger partial charge is 0.396 e. The van der Waals surface area contributed by atoms with Crippen LogP contribution in [0, 0.1) is 0 Å². The maximum absolute atomic E-state index is 8.99. The van der Waals surface area contributed by atoms with Gasteiger partial charge < -0.3 is 10.2 Å². The molecule has 0 amide bonds. The summed E-state index contributed by atoms with van der Waals surface area (Å²) in [6.45, 7) is 0.397. The molecule has 0 atom stereocenters. The second-order valence-electron chi connectivity index (χ2n) is 6.99. The summed E-state index contributed by atoms with van der Waals surface area (Å²) in [7, 11) is 0. The molecule has 2 heteroatoms. The van der Waals surface area contributed by atoms with Gasteiger partial charge in [0.2, 0.25) is 0 Å². The molecule has 0 fully saturated rings. The van der Waals surface area contributed by atoms with Crippen molar-refractivity contribution in [3.63, 3.8) is 0 Å². The Hall–Kier alpha value is -3.20. The van der Waals surface area contributed by atoms with Gasteiger partial charge in [-0.2, -0.15) is 0 Å².